The summed E-state index contributed by atoms with van der Waals surface area (Å²) in [7, 11) is 1.63. The summed E-state index contributed by atoms with van der Waals surface area (Å²) in [6, 6.07) is 7.78. The van der Waals surface area contributed by atoms with Gasteiger partial charge in [-0.15, -0.1) is 0 Å². The van der Waals surface area contributed by atoms with Gasteiger partial charge in [0.25, 0.3) is 0 Å². The maximum Gasteiger partial charge on any atom is 0.246 e. The van der Waals surface area contributed by atoms with Gasteiger partial charge in [0.2, 0.25) is 5.91 Å². The highest BCUT2D eigenvalue weighted by Gasteiger charge is 2.01. The van der Waals surface area contributed by atoms with Crippen molar-refractivity contribution in [1.82, 2.24) is 5.32 Å². The monoisotopic (exact) mass is 252 g/mol. The van der Waals surface area contributed by atoms with E-state index in [2.05, 4.69) is 5.32 Å². The maximum absolute atomic E-state index is 11.3. The topological polar surface area (TPSA) is 73.6 Å². The predicted molar refractivity (Wildman–Crippen MR) is 69.6 cm³/mol. The van der Waals surface area contributed by atoms with Gasteiger partial charge in [0.1, 0.15) is 12.4 Å². The Bertz CT molecular complexity index is 369. The molecule has 0 aliphatic carbocycles. The lowest BCUT2D eigenvalue weighted by Gasteiger charge is -2.07. The van der Waals surface area contributed by atoms with Crippen molar-refractivity contribution in [3.05, 3.63) is 29.8 Å². The summed E-state index contributed by atoms with van der Waals surface area (Å²) < 4.78 is 10.2. The number of hydrogen-bond donors (Lipinski definition) is 2. The van der Waals surface area contributed by atoms with Crippen molar-refractivity contribution in [2.45, 2.75) is 6.42 Å². The standard InChI is InChI=1S/C13H20N2O3/c1-17-12-4-2-3-11(9-12)5-7-15-13(16)10-18-8-6-14/h2-4,9H,5-8,10,14H2,1H3,(H,15,16). The Morgan fingerprint density at radius 3 is 3.00 bits per heavy atom. The summed E-state index contributed by atoms with van der Waals surface area (Å²) in [5, 5.41) is 2.78. The highest BCUT2D eigenvalue weighted by molar-refractivity contribution is 5.77. The number of nitrogens with one attached hydrogen (secondary N) is 1. The van der Waals surface area contributed by atoms with E-state index in [4.69, 9.17) is 15.2 Å². The van der Waals surface area contributed by atoms with Crippen LogP contribution in [0.25, 0.3) is 0 Å². The summed E-state index contributed by atoms with van der Waals surface area (Å²) in [5.41, 5.74) is 6.37. The van der Waals surface area contributed by atoms with Crippen molar-refractivity contribution in [3.63, 3.8) is 0 Å². The zero-order chi connectivity index (χ0) is 13.2. The van der Waals surface area contributed by atoms with Gasteiger partial charge in [-0.1, -0.05) is 12.1 Å². The zero-order valence-corrected chi connectivity index (χ0v) is 10.6. The third-order valence-electron chi connectivity index (χ3n) is 2.37. The van der Waals surface area contributed by atoms with Crippen LogP contribution in [0, 0.1) is 0 Å². The lowest BCUT2D eigenvalue weighted by molar-refractivity contribution is -0.125. The van der Waals surface area contributed by atoms with Gasteiger partial charge in [0.15, 0.2) is 0 Å². The third kappa shape index (κ3) is 5.65. The SMILES string of the molecule is COc1cccc(CCNC(=O)COCCN)c1. The summed E-state index contributed by atoms with van der Waals surface area (Å²) >= 11 is 0. The van der Waals surface area contributed by atoms with Crippen LogP contribution in [-0.4, -0.2) is 39.3 Å². The lowest BCUT2D eigenvalue weighted by atomic mass is 10.1. The van der Waals surface area contributed by atoms with Crippen LogP contribution in [0.5, 0.6) is 5.75 Å². The second kappa shape index (κ2) is 8.49. The molecule has 0 radical (unpaired) electrons. The molecule has 0 atom stereocenters. The first-order chi connectivity index (χ1) is 8.76. The molecule has 0 aliphatic heterocycles. The fraction of sp³-hybridized carbons (Fsp3) is 0.462. The van der Waals surface area contributed by atoms with E-state index in [1.165, 1.54) is 0 Å². The Labute approximate surface area is 107 Å². The van der Waals surface area contributed by atoms with Crippen molar-refractivity contribution in [3.8, 4) is 5.75 Å². The largest absolute Gasteiger partial charge is 0.497 e. The van der Waals surface area contributed by atoms with Gasteiger partial charge in [-0.2, -0.15) is 0 Å². The Morgan fingerprint density at radius 1 is 1.44 bits per heavy atom. The van der Waals surface area contributed by atoms with E-state index < -0.39 is 0 Å². The van der Waals surface area contributed by atoms with E-state index in [9.17, 15) is 4.79 Å². The molecule has 5 nitrogen and oxygen atoms in total. The van der Waals surface area contributed by atoms with Gasteiger partial charge in [0, 0.05) is 13.1 Å². The van der Waals surface area contributed by atoms with Gasteiger partial charge in [-0.05, 0) is 24.1 Å². The Kier molecular flexibility index (Phi) is 6.83. The molecule has 1 amide bonds. The van der Waals surface area contributed by atoms with Crippen molar-refractivity contribution in [1.29, 1.82) is 0 Å². The van der Waals surface area contributed by atoms with Gasteiger partial charge in [0.05, 0.1) is 13.7 Å². The summed E-state index contributed by atoms with van der Waals surface area (Å²) in [6.07, 6.45) is 0.764. The second-order valence-electron chi connectivity index (χ2n) is 3.79. The highest BCUT2D eigenvalue weighted by Crippen LogP contribution is 2.12. The first kappa shape index (κ1) is 14.5. The number of hydrogen-bond acceptors (Lipinski definition) is 4. The molecule has 3 N–H and O–H groups in total. The Morgan fingerprint density at radius 2 is 2.28 bits per heavy atom. The molecule has 0 bridgehead atoms. The first-order valence-corrected chi connectivity index (χ1v) is 5.93. The normalized spacial score (nSPS) is 10.1. The minimum atomic E-state index is -0.119. The Hall–Kier alpha value is -1.59. The number of nitrogens with two attached hydrogens (primary N) is 1. The average Bonchev–Trinajstić information content (AvgIpc) is 2.39. The number of methoxy groups -OCH3 is 1. The molecule has 0 spiro atoms. The third-order valence-corrected chi connectivity index (χ3v) is 2.37. The fourth-order valence-corrected chi connectivity index (χ4v) is 1.47. The van der Waals surface area contributed by atoms with Crippen LogP contribution in [0.1, 0.15) is 5.56 Å². The molecule has 0 heterocycles. The number of rotatable bonds is 8. The van der Waals surface area contributed by atoms with Crippen LogP contribution in [0.3, 0.4) is 0 Å². The van der Waals surface area contributed by atoms with Gasteiger partial charge in [-0.3, -0.25) is 4.79 Å². The molecule has 100 valence electrons. The van der Waals surface area contributed by atoms with Crippen molar-refractivity contribution < 1.29 is 14.3 Å². The molecule has 0 aromatic heterocycles. The maximum atomic E-state index is 11.3. The van der Waals surface area contributed by atoms with Gasteiger partial charge < -0.3 is 20.5 Å². The van der Waals surface area contributed by atoms with Crippen LogP contribution in [0.4, 0.5) is 0 Å². The molecule has 0 fully saturated rings. The average molecular weight is 252 g/mol. The first-order valence-electron chi connectivity index (χ1n) is 5.93. The van der Waals surface area contributed by atoms with E-state index in [0.29, 0.717) is 19.7 Å². The molecule has 0 unspecified atom stereocenters. The number of amides is 1. The molecule has 1 rings (SSSR count). The quantitative estimate of drug-likeness (QED) is 0.654. The number of carbonyl (C=O) groups excluding carboxylic acids is 1. The van der Waals surface area contributed by atoms with E-state index in [1.807, 2.05) is 24.3 Å². The Balaban J connectivity index is 2.22. The lowest BCUT2D eigenvalue weighted by Crippen LogP contribution is -2.30. The molecule has 0 saturated heterocycles. The minimum Gasteiger partial charge on any atom is -0.497 e. The van der Waals surface area contributed by atoms with Crippen molar-refractivity contribution in [2.75, 3.05) is 33.4 Å². The molecule has 0 saturated carbocycles. The molecule has 0 aliphatic rings. The summed E-state index contributed by atoms with van der Waals surface area (Å²) in [5.74, 6) is 0.705. The molecular weight excluding hydrogens is 232 g/mol. The predicted octanol–water partition coefficient (Wildman–Crippen LogP) is 0.329. The van der Waals surface area contributed by atoms with Crippen LogP contribution < -0.4 is 15.8 Å². The molecule has 5 heteroatoms. The smallest absolute Gasteiger partial charge is 0.246 e. The van der Waals surface area contributed by atoms with Gasteiger partial charge in [-0.25, -0.2) is 0 Å². The number of benzene rings is 1. The minimum absolute atomic E-state index is 0.0648. The van der Waals surface area contributed by atoms with Crippen LogP contribution in [0.15, 0.2) is 24.3 Å². The fourth-order valence-electron chi connectivity index (χ4n) is 1.47. The van der Waals surface area contributed by atoms with Crippen LogP contribution >= 0.6 is 0 Å². The van der Waals surface area contributed by atoms with Gasteiger partial charge >= 0.3 is 0 Å². The van der Waals surface area contributed by atoms with E-state index >= 15 is 0 Å². The summed E-state index contributed by atoms with van der Waals surface area (Å²) in [6.45, 7) is 1.48. The second-order valence-corrected chi connectivity index (χ2v) is 3.79. The summed E-state index contributed by atoms with van der Waals surface area (Å²) in [4.78, 5) is 11.3. The molecule has 1 aromatic carbocycles. The van der Waals surface area contributed by atoms with Crippen molar-refractivity contribution in [2.24, 2.45) is 5.73 Å². The number of carbonyl (C=O) groups is 1. The van der Waals surface area contributed by atoms with E-state index in [1.54, 1.807) is 7.11 Å². The molecule has 1 aromatic rings. The van der Waals surface area contributed by atoms with Crippen LogP contribution in [-0.2, 0) is 16.0 Å². The highest BCUT2D eigenvalue weighted by atomic mass is 16.5. The van der Waals surface area contributed by atoms with Crippen LogP contribution in [0.2, 0.25) is 0 Å². The zero-order valence-electron chi connectivity index (χ0n) is 10.6. The molecule has 18 heavy (non-hydrogen) atoms. The van der Waals surface area contributed by atoms with E-state index in [0.717, 1.165) is 17.7 Å². The van der Waals surface area contributed by atoms with Crippen molar-refractivity contribution >= 4 is 5.91 Å². The van der Waals surface area contributed by atoms with E-state index in [-0.39, 0.29) is 12.5 Å². The number of ether oxygens (including phenoxy) is 2. The molecular formula is C13H20N2O3.